The minimum Gasteiger partial charge on any atom is -0.414 e. The fourth-order valence-corrected chi connectivity index (χ4v) is 1.07. The molecule has 11 heavy (non-hydrogen) atoms. The van der Waals surface area contributed by atoms with Gasteiger partial charge in [-0.15, -0.1) is 0 Å². The molecule has 0 bridgehead atoms. The Bertz CT molecular complexity index is 229. The van der Waals surface area contributed by atoms with Gasteiger partial charge in [0, 0.05) is 0 Å². The molecule has 1 heterocycles. The molecule has 0 aromatic heterocycles. The lowest BCUT2D eigenvalue weighted by Crippen LogP contribution is -2.13. The lowest BCUT2D eigenvalue weighted by Gasteiger charge is -2.19. The Morgan fingerprint density at radius 3 is 3.45 bits per heavy atom. The highest BCUT2D eigenvalue weighted by atomic mass is 16.7. The molecule has 1 fully saturated rings. The summed E-state index contributed by atoms with van der Waals surface area (Å²) in [6.07, 6.45) is 6.25. The molecule has 3 heteroatoms. The van der Waals surface area contributed by atoms with Gasteiger partial charge in [-0.2, -0.15) is 0 Å². The van der Waals surface area contributed by atoms with E-state index in [-0.39, 0.29) is 6.10 Å². The Labute approximate surface area is 64.6 Å². The van der Waals surface area contributed by atoms with Gasteiger partial charge in [-0.3, -0.25) is 0 Å². The van der Waals surface area contributed by atoms with E-state index in [9.17, 15) is 0 Å². The van der Waals surface area contributed by atoms with Gasteiger partial charge in [-0.1, -0.05) is 18.3 Å². The summed E-state index contributed by atoms with van der Waals surface area (Å²) in [6, 6.07) is 0. The molecule has 3 nitrogen and oxygen atoms in total. The molecule has 58 valence electrons. The minimum absolute atomic E-state index is 0.0195. The maximum atomic E-state index is 5.18. The summed E-state index contributed by atoms with van der Waals surface area (Å²) >= 11 is 0. The molecule has 0 spiro atoms. The molecule has 0 saturated carbocycles. The number of allylic oxidation sites excluding steroid dienone is 1. The summed E-state index contributed by atoms with van der Waals surface area (Å²) in [5, 5.41) is 0. The fourth-order valence-electron chi connectivity index (χ4n) is 1.07. The Balaban J connectivity index is 2.20. The quantitative estimate of drug-likeness (QED) is 0.409. The third kappa shape index (κ3) is 1.08. The van der Waals surface area contributed by atoms with Crippen molar-refractivity contribution in [2.75, 3.05) is 6.79 Å². The maximum Gasteiger partial charge on any atom is 0.258 e. The summed E-state index contributed by atoms with van der Waals surface area (Å²) in [4.78, 5) is 0. The van der Waals surface area contributed by atoms with E-state index in [1.807, 2.05) is 12.2 Å². The topological polar surface area (TPSA) is 29.8 Å². The highest BCUT2D eigenvalue weighted by Crippen LogP contribution is 2.27. The molecule has 1 saturated heterocycles. The summed E-state index contributed by atoms with van der Waals surface area (Å²) in [7, 11) is 0. The number of hydrogen-bond acceptors (Lipinski definition) is 2. The largest absolute Gasteiger partial charge is 0.414 e. The van der Waals surface area contributed by atoms with Crippen LogP contribution in [0.2, 0.25) is 0 Å². The van der Waals surface area contributed by atoms with Crippen molar-refractivity contribution >= 4 is 6.79 Å². The van der Waals surface area contributed by atoms with Gasteiger partial charge in [-0.05, 0) is 6.08 Å². The van der Waals surface area contributed by atoms with Crippen LogP contribution < -0.4 is 0 Å². The molecule has 2 aliphatic rings. The number of carbonyl (C=O) groups excluding carboxylic acids is 1. The number of fused-ring (bicyclic) bond motifs is 1. The number of ether oxygens (including phenoxy) is 2. The van der Waals surface area contributed by atoms with Crippen molar-refractivity contribution in [2.24, 2.45) is 0 Å². The lowest BCUT2D eigenvalue weighted by molar-refractivity contribution is -0.380. The molecule has 0 N–H and O–H groups in total. The highest BCUT2D eigenvalue weighted by molar-refractivity contribution is 5.31. The maximum absolute atomic E-state index is 5.18. The zero-order chi connectivity index (χ0) is 7.68. The van der Waals surface area contributed by atoms with Crippen LogP contribution in [0.3, 0.4) is 0 Å². The summed E-state index contributed by atoms with van der Waals surface area (Å²) in [5.74, 6) is 0.696. The molecule has 0 aromatic carbocycles. The monoisotopic (exact) mass is 152 g/mol. The third-order valence-electron chi connectivity index (χ3n) is 1.64. The van der Waals surface area contributed by atoms with E-state index in [1.165, 1.54) is 0 Å². The third-order valence-corrected chi connectivity index (χ3v) is 1.64. The number of rotatable bonds is 1. The van der Waals surface area contributed by atoms with Gasteiger partial charge in [0.25, 0.3) is 6.79 Å². The smallest absolute Gasteiger partial charge is 0.258 e. The lowest BCUT2D eigenvalue weighted by atomic mass is 10.1. The van der Waals surface area contributed by atoms with Gasteiger partial charge in [0.15, 0.2) is 0 Å². The average molecular weight is 152 g/mol. The van der Waals surface area contributed by atoms with Crippen LogP contribution in [-0.2, 0) is 13.9 Å². The summed E-state index contributed by atoms with van der Waals surface area (Å²) < 4.78 is 15.1. The van der Waals surface area contributed by atoms with E-state index in [0.29, 0.717) is 12.6 Å². The van der Waals surface area contributed by atoms with Gasteiger partial charge in [-0.25, -0.2) is 0 Å². The van der Waals surface area contributed by atoms with Gasteiger partial charge >= 0.3 is 0 Å². The second-order valence-corrected chi connectivity index (χ2v) is 2.30. The van der Waals surface area contributed by atoms with Gasteiger partial charge in [0.05, 0.1) is 6.10 Å². The zero-order valence-electron chi connectivity index (χ0n) is 5.95. The number of hydrogen-bond donors (Lipinski definition) is 0. The van der Waals surface area contributed by atoms with Crippen LogP contribution in [0.5, 0.6) is 0 Å². The predicted molar refractivity (Wildman–Crippen MR) is 38.4 cm³/mol. The van der Waals surface area contributed by atoms with Crippen LogP contribution in [0.4, 0.5) is 0 Å². The van der Waals surface area contributed by atoms with Crippen LogP contribution in [0.25, 0.3) is 0 Å². The van der Waals surface area contributed by atoms with Gasteiger partial charge < -0.3 is 13.9 Å². The van der Waals surface area contributed by atoms with Crippen molar-refractivity contribution in [1.82, 2.24) is 0 Å². The van der Waals surface area contributed by atoms with Crippen LogP contribution in [0.15, 0.2) is 24.0 Å². The van der Waals surface area contributed by atoms with Crippen molar-refractivity contribution in [1.29, 1.82) is 0 Å². The molecule has 0 aromatic rings. The Morgan fingerprint density at radius 1 is 1.73 bits per heavy atom. The van der Waals surface area contributed by atoms with Crippen LogP contribution in [-0.4, -0.2) is 19.7 Å². The SMILES string of the molecule is C=[O+]C1=C[C-]2OCOC2C=C1. The molecule has 0 radical (unpaired) electrons. The van der Waals surface area contributed by atoms with Crippen LogP contribution in [0, 0.1) is 6.10 Å². The van der Waals surface area contributed by atoms with Crippen molar-refractivity contribution in [3.8, 4) is 0 Å². The van der Waals surface area contributed by atoms with E-state index >= 15 is 0 Å². The second kappa shape index (κ2) is 2.53. The molecule has 1 aliphatic carbocycles. The van der Waals surface area contributed by atoms with E-state index in [1.54, 1.807) is 6.08 Å². The van der Waals surface area contributed by atoms with Crippen molar-refractivity contribution in [3.05, 3.63) is 30.1 Å². The highest BCUT2D eigenvalue weighted by Gasteiger charge is 2.21. The molecule has 1 unspecified atom stereocenters. The van der Waals surface area contributed by atoms with Crippen molar-refractivity contribution < 1.29 is 13.9 Å². The molecule has 1 atom stereocenters. The van der Waals surface area contributed by atoms with Gasteiger partial charge in [0.1, 0.15) is 6.79 Å². The minimum atomic E-state index is -0.0195. The molecular weight excluding hydrogens is 144 g/mol. The molecule has 0 amide bonds. The summed E-state index contributed by atoms with van der Waals surface area (Å²) in [5.41, 5.74) is 0. The first-order chi connectivity index (χ1) is 5.40. The first-order valence-corrected chi connectivity index (χ1v) is 3.33. The van der Waals surface area contributed by atoms with E-state index in [4.69, 9.17) is 13.9 Å². The van der Waals surface area contributed by atoms with Crippen LogP contribution in [0.1, 0.15) is 0 Å². The van der Waals surface area contributed by atoms with Crippen molar-refractivity contribution in [2.45, 2.75) is 6.10 Å². The Morgan fingerprint density at radius 2 is 2.64 bits per heavy atom. The average Bonchev–Trinajstić information content (AvgIpc) is 2.50. The van der Waals surface area contributed by atoms with E-state index < -0.39 is 0 Å². The first kappa shape index (κ1) is 6.64. The zero-order valence-corrected chi connectivity index (χ0v) is 5.95. The standard InChI is InChI=1S/C8H8O3/c1-9-6-2-3-7-8(4-6)11-5-10-7/h2-4,7H,1,5H2. The van der Waals surface area contributed by atoms with E-state index in [2.05, 4.69) is 6.79 Å². The molecule has 2 rings (SSSR count). The Hall–Kier alpha value is -1.06. The first-order valence-electron chi connectivity index (χ1n) is 3.33. The predicted octanol–water partition coefficient (Wildman–Crippen LogP) is 0.709. The molecule has 1 aliphatic heterocycles. The normalized spacial score (nSPS) is 28.2. The van der Waals surface area contributed by atoms with E-state index in [0.717, 1.165) is 6.10 Å². The molecular formula is C8H8O3. The van der Waals surface area contributed by atoms with Crippen molar-refractivity contribution in [3.63, 3.8) is 0 Å². The van der Waals surface area contributed by atoms with Crippen LogP contribution >= 0.6 is 0 Å². The second-order valence-electron chi connectivity index (χ2n) is 2.30. The van der Waals surface area contributed by atoms with Gasteiger partial charge in [0.2, 0.25) is 5.76 Å². The summed E-state index contributed by atoms with van der Waals surface area (Å²) in [6.45, 7) is 3.62. The Kier molecular flexibility index (Phi) is 1.52. The fraction of sp³-hybridized carbons (Fsp3) is 0.250.